The van der Waals surface area contributed by atoms with Crippen LogP contribution in [-0.4, -0.2) is 33.4 Å². The first-order valence-electron chi connectivity index (χ1n) is 10.7. The molecule has 30 heavy (non-hydrogen) atoms. The van der Waals surface area contributed by atoms with Gasteiger partial charge >= 0.3 is 5.69 Å². The molecule has 0 unspecified atom stereocenters. The third kappa shape index (κ3) is 4.53. The van der Waals surface area contributed by atoms with E-state index in [4.69, 9.17) is 0 Å². The average Bonchev–Trinajstić information content (AvgIpc) is 2.77. The molecular formula is C24H27N3O3. The van der Waals surface area contributed by atoms with Crippen molar-refractivity contribution >= 4 is 16.8 Å². The van der Waals surface area contributed by atoms with Gasteiger partial charge in [-0.3, -0.25) is 14.2 Å². The highest BCUT2D eigenvalue weighted by Gasteiger charge is 2.22. The maximum Gasteiger partial charge on any atom is 0.328 e. The van der Waals surface area contributed by atoms with Crippen LogP contribution in [-0.2, 0) is 17.8 Å². The number of nitrogens with zero attached hydrogens (tertiary/aromatic N) is 2. The number of fused-ring (bicyclic) bond motifs is 1. The molecule has 1 amide bonds. The Morgan fingerprint density at radius 3 is 2.43 bits per heavy atom. The van der Waals surface area contributed by atoms with E-state index in [1.807, 2.05) is 11.0 Å². The van der Waals surface area contributed by atoms with Gasteiger partial charge in [-0.2, -0.15) is 0 Å². The molecule has 1 saturated heterocycles. The Morgan fingerprint density at radius 1 is 0.967 bits per heavy atom. The number of nitrogens with one attached hydrogen (secondary N) is 1. The van der Waals surface area contributed by atoms with Gasteiger partial charge in [0.15, 0.2) is 0 Å². The van der Waals surface area contributed by atoms with Gasteiger partial charge in [0.2, 0.25) is 5.91 Å². The predicted molar refractivity (Wildman–Crippen MR) is 118 cm³/mol. The third-order valence-electron chi connectivity index (χ3n) is 6.00. The zero-order valence-corrected chi connectivity index (χ0v) is 17.0. The van der Waals surface area contributed by atoms with Gasteiger partial charge in [-0.25, -0.2) is 4.79 Å². The van der Waals surface area contributed by atoms with Gasteiger partial charge in [-0.1, -0.05) is 42.5 Å². The van der Waals surface area contributed by atoms with Crippen molar-refractivity contribution in [3.05, 3.63) is 81.0 Å². The molecule has 1 aromatic heterocycles. The molecule has 0 spiro atoms. The summed E-state index contributed by atoms with van der Waals surface area (Å²) in [5.74, 6) is 0.726. The second-order valence-electron chi connectivity index (χ2n) is 8.05. The fourth-order valence-electron chi connectivity index (χ4n) is 4.28. The quantitative estimate of drug-likeness (QED) is 0.685. The van der Waals surface area contributed by atoms with Crippen LogP contribution in [0, 0.1) is 5.92 Å². The summed E-state index contributed by atoms with van der Waals surface area (Å²) >= 11 is 0. The highest BCUT2D eigenvalue weighted by Crippen LogP contribution is 2.22. The summed E-state index contributed by atoms with van der Waals surface area (Å²) in [5, 5.41) is 0.490. The molecule has 6 heteroatoms. The van der Waals surface area contributed by atoms with E-state index in [2.05, 4.69) is 29.2 Å². The molecule has 0 radical (unpaired) electrons. The van der Waals surface area contributed by atoms with Crippen molar-refractivity contribution in [1.82, 2.24) is 14.5 Å². The summed E-state index contributed by atoms with van der Waals surface area (Å²) in [7, 11) is 0. The van der Waals surface area contributed by atoms with Crippen molar-refractivity contribution < 1.29 is 4.79 Å². The zero-order valence-electron chi connectivity index (χ0n) is 17.0. The predicted octanol–water partition coefficient (Wildman–Crippen LogP) is 2.95. The fraction of sp³-hybridized carbons (Fsp3) is 0.375. The molecule has 1 aliphatic heterocycles. The van der Waals surface area contributed by atoms with Gasteiger partial charge in [0, 0.05) is 26.1 Å². The molecule has 2 heterocycles. The first-order chi connectivity index (χ1) is 14.6. The molecule has 3 aromatic rings. The Hall–Kier alpha value is -3.15. The largest absolute Gasteiger partial charge is 0.343 e. The van der Waals surface area contributed by atoms with Gasteiger partial charge in [0.1, 0.15) is 0 Å². The fourth-order valence-corrected chi connectivity index (χ4v) is 4.28. The second kappa shape index (κ2) is 9.11. The lowest BCUT2D eigenvalue weighted by molar-refractivity contribution is -0.132. The molecule has 0 aliphatic carbocycles. The SMILES string of the molecule is O=C(CCCn1c(=O)[nH]c2ccccc2c1=O)N1CCC(Cc2ccccc2)CC1. The summed E-state index contributed by atoms with van der Waals surface area (Å²) in [5.41, 5.74) is 1.17. The van der Waals surface area contributed by atoms with Crippen LogP contribution in [0.1, 0.15) is 31.2 Å². The van der Waals surface area contributed by atoms with E-state index in [1.54, 1.807) is 24.3 Å². The molecule has 1 fully saturated rings. The number of carbonyl (C=O) groups is 1. The Kier molecular flexibility index (Phi) is 6.12. The van der Waals surface area contributed by atoms with E-state index < -0.39 is 5.69 Å². The minimum absolute atomic E-state index is 0.110. The minimum atomic E-state index is -0.423. The van der Waals surface area contributed by atoms with Crippen LogP contribution in [0.5, 0.6) is 0 Å². The molecule has 0 bridgehead atoms. The molecule has 6 nitrogen and oxygen atoms in total. The average molecular weight is 405 g/mol. The summed E-state index contributed by atoms with van der Waals surface area (Å²) in [4.78, 5) is 42.0. The molecule has 2 aromatic carbocycles. The highest BCUT2D eigenvalue weighted by atomic mass is 16.2. The van der Waals surface area contributed by atoms with Crippen LogP contribution in [0.3, 0.4) is 0 Å². The van der Waals surface area contributed by atoms with Crippen LogP contribution >= 0.6 is 0 Å². The first kappa shape index (κ1) is 20.1. The van der Waals surface area contributed by atoms with Gasteiger partial charge in [0.05, 0.1) is 10.9 Å². The van der Waals surface area contributed by atoms with Crippen molar-refractivity contribution in [1.29, 1.82) is 0 Å². The van der Waals surface area contributed by atoms with Crippen LogP contribution in [0.4, 0.5) is 0 Å². The Bertz CT molecular complexity index is 1130. The number of likely N-dealkylation sites (tertiary alicyclic amines) is 1. The van der Waals surface area contributed by atoms with E-state index in [0.717, 1.165) is 32.4 Å². The van der Waals surface area contributed by atoms with E-state index in [1.165, 1.54) is 10.1 Å². The smallest absolute Gasteiger partial charge is 0.328 e. The number of piperidine rings is 1. The standard InChI is InChI=1S/C24H27N3O3/c28-22(26-15-12-19(13-16-26)17-18-7-2-1-3-8-18)11-6-14-27-23(29)20-9-4-5-10-21(20)25-24(27)30/h1-5,7-10,19H,6,11-17H2,(H,25,30). The number of aromatic amines is 1. The van der Waals surface area contributed by atoms with Gasteiger partial charge in [-0.05, 0) is 49.3 Å². The van der Waals surface area contributed by atoms with E-state index in [9.17, 15) is 14.4 Å². The van der Waals surface area contributed by atoms with Crippen LogP contribution in [0.2, 0.25) is 0 Å². The summed E-state index contributed by atoms with van der Waals surface area (Å²) in [6.07, 6.45) is 3.93. The number of carbonyl (C=O) groups excluding carboxylic acids is 1. The van der Waals surface area contributed by atoms with E-state index in [-0.39, 0.29) is 18.0 Å². The minimum Gasteiger partial charge on any atom is -0.343 e. The summed E-state index contributed by atoms with van der Waals surface area (Å²) < 4.78 is 1.20. The summed E-state index contributed by atoms with van der Waals surface area (Å²) in [6, 6.07) is 17.5. The Labute approximate surface area is 175 Å². The molecule has 0 saturated carbocycles. The highest BCUT2D eigenvalue weighted by molar-refractivity contribution is 5.77. The third-order valence-corrected chi connectivity index (χ3v) is 6.00. The van der Waals surface area contributed by atoms with E-state index >= 15 is 0 Å². The normalized spacial score (nSPS) is 14.9. The number of hydrogen-bond acceptors (Lipinski definition) is 3. The maximum atomic E-state index is 12.6. The lowest BCUT2D eigenvalue weighted by Gasteiger charge is -2.32. The number of benzene rings is 2. The molecule has 0 atom stereocenters. The molecule has 156 valence electrons. The number of hydrogen-bond donors (Lipinski definition) is 1. The van der Waals surface area contributed by atoms with Crippen molar-refractivity contribution in [3.8, 4) is 0 Å². The lowest BCUT2D eigenvalue weighted by Crippen LogP contribution is -2.39. The van der Waals surface area contributed by atoms with Crippen molar-refractivity contribution in [2.24, 2.45) is 5.92 Å². The van der Waals surface area contributed by atoms with Gasteiger partial charge in [-0.15, -0.1) is 0 Å². The summed E-state index contributed by atoms with van der Waals surface area (Å²) in [6.45, 7) is 1.81. The van der Waals surface area contributed by atoms with Crippen molar-refractivity contribution in [2.45, 2.75) is 38.6 Å². The number of para-hydroxylation sites is 1. The van der Waals surface area contributed by atoms with Crippen molar-refractivity contribution in [3.63, 3.8) is 0 Å². The van der Waals surface area contributed by atoms with Gasteiger partial charge < -0.3 is 9.88 Å². The van der Waals surface area contributed by atoms with Crippen LogP contribution < -0.4 is 11.2 Å². The second-order valence-corrected chi connectivity index (χ2v) is 8.05. The molecular weight excluding hydrogens is 378 g/mol. The molecule has 4 rings (SSSR count). The Morgan fingerprint density at radius 2 is 1.67 bits per heavy atom. The molecule has 1 N–H and O–H groups in total. The van der Waals surface area contributed by atoms with Gasteiger partial charge in [0.25, 0.3) is 5.56 Å². The van der Waals surface area contributed by atoms with E-state index in [0.29, 0.717) is 29.7 Å². The number of H-pyrrole nitrogens is 1. The lowest BCUT2D eigenvalue weighted by atomic mass is 9.90. The molecule has 1 aliphatic rings. The monoisotopic (exact) mass is 405 g/mol. The zero-order chi connectivity index (χ0) is 20.9. The number of amides is 1. The van der Waals surface area contributed by atoms with Crippen molar-refractivity contribution in [2.75, 3.05) is 13.1 Å². The number of aromatic nitrogens is 2. The maximum absolute atomic E-state index is 12.6. The topological polar surface area (TPSA) is 75.2 Å². The van der Waals surface area contributed by atoms with Crippen LogP contribution in [0.15, 0.2) is 64.2 Å². The Balaban J connectivity index is 1.28. The van der Waals surface area contributed by atoms with Crippen LogP contribution in [0.25, 0.3) is 10.9 Å². The number of rotatable bonds is 6. The first-order valence-corrected chi connectivity index (χ1v) is 10.7.